The largest absolute Gasteiger partial charge is 0.301 e. The van der Waals surface area contributed by atoms with Gasteiger partial charge in [0.25, 0.3) is 5.56 Å². The molecule has 19 heavy (non-hydrogen) atoms. The Labute approximate surface area is 114 Å². The number of aromatic amines is 1. The molecular weight excluding hydrogens is 262 g/mol. The topological polar surface area (TPSA) is 75.7 Å². The van der Waals surface area contributed by atoms with Crippen molar-refractivity contribution in [2.45, 2.75) is 30.3 Å². The van der Waals surface area contributed by atoms with Crippen molar-refractivity contribution in [3.8, 4) is 0 Å². The van der Waals surface area contributed by atoms with Crippen molar-refractivity contribution in [1.29, 1.82) is 0 Å². The Bertz CT molecular complexity index is 650. The Kier molecular flexibility index (Phi) is 4.11. The Morgan fingerprint density at radius 3 is 2.79 bits per heavy atom. The average Bonchev–Trinajstić information content (AvgIpc) is 2.37. The molecule has 0 atom stereocenters. The van der Waals surface area contributed by atoms with E-state index in [0.29, 0.717) is 23.0 Å². The fourth-order valence-electron chi connectivity index (χ4n) is 1.50. The SMILES string of the molecule is CCC(=O)c1ccc(Sc2nc(C)cc(=O)[nH]2)cn1. The number of nitrogens with one attached hydrogen (secondary N) is 1. The average molecular weight is 275 g/mol. The molecule has 2 aromatic rings. The van der Waals surface area contributed by atoms with Gasteiger partial charge in [0.05, 0.1) is 0 Å². The summed E-state index contributed by atoms with van der Waals surface area (Å²) in [7, 11) is 0. The number of nitrogens with zero attached hydrogens (tertiary/aromatic N) is 2. The molecule has 0 radical (unpaired) electrons. The zero-order valence-corrected chi connectivity index (χ0v) is 11.5. The first kappa shape index (κ1) is 13.5. The van der Waals surface area contributed by atoms with Gasteiger partial charge < -0.3 is 4.98 Å². The van der Waals surface area contributed by atoms with Crippen molar-refractivity contribution in [2.75, 3.05) is 0 Å². The maximum absolute atomic E-state index is 11.4. The molecule has 0 aromatic carbocycles. The fourth-order valence-corrected chi connectivity index (χ4v) is 2.30. The highest BCUT2D eigenvalue weighted by Crippen LogP contribution is 2.23. The first-order valence-electron chi connectivity index (χ1n) is 5.83. The van der Waals surface area contributed by atoms with E-state index in [-0.39, 0.29) is 11.3 Å². The molecule has 5 nitrogen and oxygen atoms in total. The lowest BCUT2D eigenvalue weighted by molar-refractivity contribution is 0.0983. The van der Waals surface area contributed by atoms with Crippen LogP contribution >= 0.6 is 11.8 Å². The van der Waals surface area contributed by atoms with Gasteiger partial charge in [-0.25, -0.2) is 4.98 Å². The summed E-state index contributed by atoms with van der Waals surface area (Å²) in [5, 5.41) is 0.515. The van der Waals surface area contributed by atoms with Crippen LogP contribution in [0.2, 0.25) is 0 Å². The lowest BCUT2D eigenvalue weighted by Crippen LogP contribution is -2.07. The highest BCUT2D eigenvalue weighted by atomic mass is 32.2. The van der Waals surface area contributed by atoms with Gasteiger partial charge in [0.1, 0.15) is 5.69 Å². The molecule has 2 heterocycles. The molecule has 6 heteroatoms. The molecule has 2 aromatic heterocycles. The van der Waals surface area contributed by atoms with Crippen LogP contribution in [0.1, 0.15) is 29.5 Å². The predicted octanol–water partition coefficient (Wildman–Crippen LogP) is 2.22. The number of hydrogen-bond acceptors (Lipinski definition) is 5. The first-order chi connectivity index (χ1) is 9.08. The van der Waals surface area contributed by atoms with E-state index in [2.05, 4.69) is 15.0 Å². The molecule has 98 valence electrons. The molecule has 0 spiro atoms. The number of aryl methyl sites for hydroxylation is 1. The Balaban J connectivity index is 2.19. The van der Waals surface area contributed by atoms with Gasteiger partial charge in [-0.3, -0.25) is 14.6 Å². The van der Waals surface area contributed by atoms with Crippen LogP contribution in [0.25, 0.3) is 0 Å². The Morgan fingerprint density at radius 2 is 2.21 bits per heavy atom. The number of carbonyl (C=O) groups is 1. The summed E-state index contributed by atoms with van der Waals surface area (Å²) >= 11 is 1.30. The lowest BCUT2D eigenvalue weighted by atomic mass is 10.2. The minimum atomic E-state index is -0.180. The molecular formula is C13H13N3O2S. The number of H-pyrrole nitrogens is 1. The molecule has 0 bridgehead atoms. The van der Waals surface area contributed by atoms with Crippen LogP contribution in [0.5, 0.6) is 0 Å². The summed E-state index contributed by atoms with van der Waals surface area (Å²) in [6.45, 7) is 3.56. The van der Waals surface area contributed by atoms with Gasteiger partial charge in [0.15, 0.2) is 10.9 Å². The van der Waals surface area contributed by atoms with Crippen LogP contribution in [0.4, 0.5) is 0 Å². The minimum absolute atomic E-state index is 0.0126. The quantitative estimate of drug-likeness (QED) is 0.684. The van der Waals surface area contributed by atoms with Crippen LogP contribution in [0, 0.1) is 6.92 Å². The molecule has 0 fully saturated rings. The summed E-state index contributed by atoms with van der Waals surface area (Å²) in [4.78, 5) is 34.5. The third kappa shape index (κ3) is 3.51. The number of ketones is 1. The van der Waals surface area contributed by atoms with Crippen molar-refractivity contribution in [1.82, 2.24) is 15.0 Å². The maximum Gasteiger partial charge on any atom is 0.251 e. The second-order valence-corrected chi connectivity index (χ2v) is 5.01. The van der Waals surface area contributed by atoms with Crippen LogP contribution in [0.3, 0.4) is 0 Å². The van der Waals surface area contributed by atoms with E-state index < -0.39 is 0 Å². The van der Waals surface area contributed by atoms with Gasteiger partial charge >= 0.3 is 0 Å². The van der Waals surface area contributed by atoms with Crippen LogP contribution in [0.15, 0.2) is 39.2 Å². The van der Waals surface area contributed by atoms with Gasteiger partial charge in [0, 0.05) is 29.3 Å². The van der Waals surface area contributed by atoms with Gasteiger partial charge in [0.2, 0.25) is 0 Å². The zero-order chi connectivity index (χ0) is 13.8. The van der Waals surface area contributed by atoms with Crippen LogP contribution < -0.4 is 5.56 Å². The second-order valence-electron chi connectivity index (χ2n) is 3.95. The fraction of sp³-hybridized carbons (Fsp3) is 0.231. The molecule has 0 aliphatic carbocycles. The van der Waals surface area contributed by atoms with E-state index in [1.54, 1.807) is 32.2 Å². The van der Waals surface area contributed by atoms with Crippen molar-refractivity contribution in [2.24, 2.45) is 0 Å². The Hall–Kier alpha value is -1.95. The number of carbonyl (C=O) groups excluding carboxylic acids is 1. The summed E-state index contributed by atoms with van der Waals surface area (Å²) in [6, 6.07) is 4.91. The molecule has 0 saturated carbocycles. The van der Waals surface area contributed by atoms with Crippen LogP contribution in [-0.2, 0) is 0 Å². The van der Waals surface area contributed by atoms with Gasteiger partial charge in [-0.1, -0.05) is 18.7 Å². The van der Waals surface area contributed by atoms with Gasteiger partial charge in [-0.2, -0.15) is 0 Å². The van der Waals surface area contributed by atoms with E-state index in [1.807, 2.05) is 0 Å². The van der Waals surface area contributed by atoms with E-state index in [1.165, 1.54) is 17.8 Å². The highest BCUT2D eigenvalue weighted by molar-refractivity contribution is 7.99. The smallest absolute Gasteiger partial charge is 0.251 e. The molecule has 0 unspecified atom stereocenters. The predicted molar refractivity (Wildman–Crippen MR) is 72.6 cm³/mol. The monoisotopic (exact) mass is 275 g/mol. The van der Waals surface area contributed by atoms with Crippen molar-refractivity contribution < 1.29 is 4.79 Å². The highest BCUT2D eigenvalue weighted by Gasteiger charge is 2.06. The second kappa shape index (κ2) is 5.79. The zero-order valence-electron chi connectivity index (χ0n) is 10.6. The summed E-state index contributed by atoms with van der Waals surface area (Å²) < 4.78 is 0. The van der Waals surface area contributed by atoms with Crippen molar-refractivity contribution in [3.63, 3.8) is 0 Å². The molecule has 0 saturated heterocycles. The Morgan fingerprint density at radius 1 is 1.42 bits per heavy atom. The molecule has 2 rings (SSSR count). The first-order valence-corrected chi connectivity index (χ1v) is 6.65. The van der Waals surface area contributed by atoms with Crippen molar-refractivity contribution in [3.05, 3.63) is 46.1 Å². The molecule has 0 aliphatic rings. The number of rotatable bonds is 4. The summed E-state index contributed by atoms with van der Waals surface area (Å²) in [5.74, 6) is 0.0126. The molecule has 0 amide bonds. The molecule has 1 N–H and O–H groups in total. The number of aromatic nitrogens is 3. The standard InChI is InChI=1S/C13H13N3O2S/c1-3-11(17)10-5-4-9(7-14-10)19-13-15-8(2)6-12(18)16-13/h4-7H,3H2,1-2H3,(H,15,16,18). The number of Topliss-reactive ketones (excluding diaryl/α,β-unsaturated/α-hetero) is 1. The third-order valence-electron chi connectivity index (χ3n) is 2.41. The van der Waals surface area contributed by atoms with Crippen LogP contribution in [-0.4, -0.2) is 20.7 Å². The maximum atomic E-state index is 11.4. The van der Waals surface area contributed by atoms with E-state index in [0.717, 1.165) is 4.90 Å². The van der Waals surface area contributed by atoms with E-state index in [9.17, 15) is 9.59 Å². The van der Waals surface area contributed by atoms with Gasteiger partial charge in [-0.15, -0.1) is 0 Å². The summed E-state index contributed by atoms with van der Waals surface area (Å²) in [6.07, 6.45) is 2.04. The van der Waals surface area contributed by atoms with E-state index >= 15 is 0 Å². The molecule has 0 aliphatic heterocycles. The normalized spacial score (nSPS) is 10.4. The number of hydrogen-bond donors (Lipinski definition) is 1. The number of pyridine rings is 1. The summed E-state index contributed by atoms with van der Waals surface area (Å²) in [5.41, 5.74) is 0.940. The van der Waals surface area contributed by atoms with E-state index in [4.69, 9.17) is 0 Å². The lowest BCUT2D eigenvalue weighted by Gasteiger charge is -2.02. The van der Waals surface area contributed by atoms with Gasteiger partial charge in [-0.05, 0) is 19.1 Å². The minimum Gasteiger partial charge on any atom is -0.301 e. The third-order valence-corrected chi connectivity index (χ3v) is 3.27. The van der Waals surface area contributed by atoms with Crippen molar-refractivity contribution >= 4 is 17.5 Å².